The van der Waals surface area contributed by atoms with Crippen LogP contribution in [0.5, 0.6) is 5.75 Å². The third-order valence-corrected chi connectivity index (χ3v) is 7.01. The van der Waals surface area contributed by atoms with E-state index in [-0.39, 0.29) is 0 Å². The minimum absolute atomic E-state index is 0.564. The van der Waals surface area contributed by atoms with Crippen LogP contribution in [-0.4, -0.2) is 48.1 Å². The molecule has 6 rings (SSSR count). The maximum absolute atomic E-state index is 5.96. The predicted molar refractivity (Wildman–Crippen MR) is 147 cm³/mol. The average Bonchev–Trinajstić information content (AvgIpc) is 3.37. The largest absolute Gasteiger partial charge is 0.489 e. The van der Waals surface area contributed by atoms with Gasteiger partial charge in [0.05, 0.1) is 0 Å². The first-order valence-corrected chi connectivity index (χ1v) is 12.5. The zero-order chi connectivity index (χ0) is 24.3. The van der Waals surface area contributed by atoms with Crippen LogP contribution in [0, 0.1) is 0 Å². The number of fused-ring (bicyclic) bond motifs is 1. The molecule has 3 heterocycles. The Morgan fingerprint density at radius 1 is 0.806 bits per heavy atom. The number of ether oxygens (including phenoxy) is 1. The van der Waals surface area contributed by atoms with Crippen LogP contribution in [-0.2, 0) is 6.61 Å². The second-order valence-corrected chi connectivity index (χ2v) is 9.46. The van der Waals surface area contributed by atoms with Crippen LogP contribution in [0.2, 0.25) is 0 Å². The SMILES string of the molecule is CN1CCN(c2ccc(-c3cnc4[nH]cc(-c5ccc(OCc6ccccc6)cc5)c4c3)cc2)CC1. The zero-order valence-electron chi connectivity index (χ0n) is 20.5. The van der Waals surface area contributed by atoms with Crippen molar-refractivity contribution in [2.45, 2.75) is 6.61 Å². The molecule has 1 aliphatic rings. The highest BCUT2D eigenvalue weighted by Gasteiger charge is 2.15. The van der Waals surface area contributed by atoms with Crippen LogP contribution >= 0.6 is 0 Å². The number of hydrogen-bond acceptors (Lipinski definition) is 4. The number of likely N-dealkylation sites (N-methyl/N-ethyl adjacent to an activating group) is 1. The fraction of sp³-hybridized carbons (Fsp3) is 0.194. The summed E-state index contributed by atoms with van der Waals surface area (Å²) in [5.74, 6) is 0.863. The van der Waals surface area contributed by atoms with E-state index in [1.54, 1.807) is 0 Å². The van der Waals surface area contributed by atoms with E-state index < -0.39 is 0 Å². The molecule has 5 nitrogen and oxygen atoms in total. The first-order chi connectivity index (χ1) is 17.7. The Morgan fingerprint density at radius 3 is 2.28 bits per heavy atom. The monoisotopic (exact) mass is 474 g/mol. The molecule has 0 radical (unpaired) electrons. The van der Waals surface area contributed by atoms with Crippen molar-refractivity contribution in [1.82, 2.24) is 14.9 Å². The molecule has 180 valence electrons. The summed E-state index contributed by atoms with van der Waals surface area (Å²) >= 11 is 0. The van der Waals surface area contributed by atoms with Gasteiger partial charge in [0.15, 0.2) is 0 Å². The molecule has 0 bridgehead atoms. The van der Waals surface area contributed by atoms with Crippen molar-refractivity contribution in [1.29, 1.82) is 0 Å². The number of benzene rings is 3. The van der Waals surface area contributed by atoms with Gasteiger partial charge in [0.2, 0.25) is 0 Å². The molecule has 0 unspecified atom stereocenters. The Kier molecular flexibility index (Phi) is 6.14. The van der Waals surface area contributed by atoms with Crippen LogP contribution in [0.1, 0.15) is 5.56 Å². The number of nitrogens with zero attached hydrogens (tertiary/aromatic N) is 3. The number of pyridine rings is 1. The average molecular weight is 475 g/mol. The number of aromatic amines is 1. The first kappa shape index (κ1) is 22.4. The van der Waals surface area contributed by atoms with Crippen molar-refractivity contribution in [2.24, 2.45) is 0 Å². The van der Waals surface area contributed by atoms with Crippen molar-refractivity contribution in [3.8, 4) is 28.0 Å². The quantitative estimate of drug-likeness (QED) is 0.317. The number of H-pyrrole nitrogens is 1. The number of hydrogen-bond donors (Lipinski definition) is 1. The molecule has 0 spiro atoms. The van der Waals surface area contributed by atoms with E-state index in [4.69, 9.17) is 9.72 Å². The Labute approximate surface area is 212 Å². The molecular formula is C31H30N4O. The number of nitrogens with one attached hydrogen (secondary N) is 1. The minimum Gasteiger partial charge on any atom is -0.489 e. The molecular weight excluding hydrogens is 444 g/mol. The molecule has 0 saturated carbocycles. The van der Waals surface area contributed by atoms with E-state index in [0.717, 1.165) is 65.2 Å². The standard InChI is InChI=1S/C31H30N4O/c1-34-15-17-35(18-16-34)27-11-7-24(8-12-27)26-19-29-30(21-33-31(29)32-20-26)25-9-13-28(14-10-25)36-22-23-5-3-2-4-6-23/h2-14,19-21H,15-18,22H2,1H3,(H,32,33). The summed E-state index contributed by atoms with van der Waals surface area (Å²) in [6.07, 6.45) is 3.99. The predicted octanol–water partition coefficient (Wildman–Crippen LogP) is 6.23. The molecule has 0 amide bonds. The Hall–Kier alpha value is -4.09. The van der Waals surface area contributed by atoms with Gasteiger partial charge in [-0.3, -0.25) is 0 Å². The van der Waals surface area contributed by atoms with E-state index in [9.17, 15) is 0 Å². The van der Waals surface area contributed by atoms with E-state index >= 15 is 0 Å². The second kappa shape index (κ2) is 9.88. The van der Waals surface area contributed by atoms with Gasteiger partial charge in [-0.2, -0.15) is 0 Å². The topological polar surface area (TPSA) is 44.4 Å². The molecule has 1 N–H and O–H groups in total. The number of aromatic nitrogens is 2. The lowest BCUT2D eigenvalue weighted by atomic mass is 10.0. The maximum atomic E-state index is 5.96. The first-order valence-electron chi connectivity index (χ1n) is 12.5. The normalized spacial score (nSPS) is 14.3. The van der Waals surface area contributed by atoms with Gasteiger partial charge in [0.25, 0.3) is 0 Å². The molecule has 36 heavy (non-hydrogen) atoms. The lowest BCUT2D eigenvalue weighted by Gasteiger charge is -2.34. The highest BCUT2D eigenvalue weighted by molar-refractivity contribution is 5.95. The Morgan fingerprint density at radius 2 is 1.53 bits per heavy atom. The van der Waals surface area contributed by atoms with Crippen LogP contribution in [0.4, 0.5) is 5.69 Å². The van der Waals surface area contributed by atoms with Gasteiger partial charge >= 0.3 is 0 Å². The van der Waals surface area contributed by atoms with Crippen LogP contribution in [0.3, 0.4) is 0 Å². The third kappa shape index (κ3) is 4.70. The highest BCUT2D eigenvalue weighted by atomic mass is 16.5. The molecule has 0 aliphatic carbocycles. The molecule has 1 saturated heterocycles. The summed E-state index contributed by atoms with van der Waals surface area (Å²) in [6, 6.07) is 29.6. The molecule has 2 aromatic heterocycles. The summed E-state index contributed by atoms with van der Waals surface area (Å²) < 4.78 is 5.96. The smallest absolute Gasteiger partial charge is 0.137 e. The van der Waals surface area contributed by atoms with Crippen molar-refractivity contribution in [2.75, 3.05) is 38.1 Å². The van der Waals surface area contributed by atoms with Gasteiger partial charge in [0, 0.05) is 60.8 Å². The fourth-order valence-corrected chi connectivity index (χ4v) is 4.80. The molecule has 5 heteroatoms. The second-order valence-electron chi connectivity index (χ2n) is 9.46. The van der Waals surface area contributed by atoms with E-state index in [0.29, 0.717) is 6.61 Å². The van der Waals surface area contributed by atoms with Gasteiger partial charge in [-0.25, -0.2) is 4.98 Å². The molecule has 5 aromatic rings. The van der Waals surface area contributed by atoms with Crippen molar-refractivity contribution in [3.63, 3.8) is 0 Å². The minimum atomic E-state index is 0.564. The fourth-order valence-electron chi connectivity index (χ4n) is 4.80. The van der Waals surface area contributed by atoms with E-state index in [2.05, 4.69) is 76.4 Å². The summed E-state index contributed by atoms with van der Waals surface area (Å²) in [4.78, 5) is 12.9. The lowest BCUT2D eigenvalue weighted by molar-refractivity contribution is 0.306. The van der Waals surface area contributed by atoms with Gasteiger partial charge < -0.3 is 19.5 Å². The summed E-state index contributed by atoms with van der Waals surface area (Å²) in [7, 11) is 2.19. The summed E-state index contributed by atoms with van der Waals surface area (Å²) in [5.41, 5.74) is 7.93. The molecule has 1 aliphatic heterocycles. The van der Waals surface area contributed by atoms with Gasteiger partial charge in [-0.15, -0.1) is 0 Å². The highest BCUT2D eigenvalue weighted by Crippen LogP contribution is 2.32. The molecule has 3 aromatic carbocycles. The van der Waals surface area contributed by atoms with Gasteiger partial charge in [-0.05, 0) is 54.1 Å². The lowest BCUT2D eigenvalue weighted by Crippen LogP contribution is -2.44. The van der Waals surface area contributed by atoms with E-state index in [1.807, 2.05) is 42.7 Å². The van der Waals surface area contributed by atoms with Crippen molar-refractivity contribution >= 4 is 16.7 Å². The van der Waals surface area contributed by atoms with Crippen LogP contribution < -0.4 is 9.64 Å². The number of piperazine rings is 1. The molecule has 0 atom stereocenters. The Bertz CT molecular complexity index is 1430. The maximum Gasteiger partial charge on any atom is 0.137 e. The third-order valence-electron chi connectivity index (χ3n) is 7.01. The van der Waals surface area contributed by atoms with E-state index in [1.165, 1.54) is 11.3 Å². The van der Waals surface area contributed by atoms with Crippen LogP contribution in [0.15, 0.2) is 97.3 Å². The summed E-state index contributed by atoms with van der Waals surface area (Å²) in [5, 5.41) is 1.12. The van der Waals surface area contributed by atoms with Crippen LogP contribution in [0.25, 0.3) is 33.3 Å². The molecule has 1 fully saturated rings. The van der Waals surface area contributed by atoms with Gasteiger partial charge in [-0.1, -0.05) is 54.6 Å². The zero-order valence-corrected chi connectivity index (χ0v) is 20.5. The number of rotatable bonds is 6. The Balaban J connectivity index is 1.21. The van der Waals surface area contributed by atoms with Crippen molar-refractivity contribution in [3.05, 3.63) is 103 Å². The summed E-state index contributed by atoms with van der Waals surface area (Å²) in [6.45, 7) is 4.93. The number of anilines is 1. The van der Waals surface area contributed by atoms with Gasteiger partial charge in [0.1, 0.15) is 18.0 Å². The van der Waals surface area contributed by atoms with Crippen molar-refractivity contribution < 1.29 is 4.74 Å².